The van der Waals surface area contributed by atoms with Crippen molar-refractivity contribution >= 4 is 5.82 Å². The normalized spacial score (nSPS) is 16.4. The first kappa shape index (κ1) is 15.7. The molecule has 1 aliphatic rings. The lowest BCUT2D eigenvalue weighted by Crippen LogP contribution is -2.34. The van der Waals surface area contributed by atoms with Gasteiger partial charge in [0.2, 0.25) is 0 Å². The molecule has 0 fully saturated rings. The van der Waals surface area contributed by atoms with Crippen LogP contribution >= 0.6 is 0 Å². The van der Waals surface area contributed by atoms with Gasteiger partial charge in [0.15, 0.2) is 0 Å². The van der Waals surface area contributed by atoms with Gasteiger partial charge in [0.05, 0.1) is 12.2 Å². The Kier molecular flexibility index (Phi) is 4.50. The highest BCUT2D eigenvalue weighted by Crippen LogP contribution is 2.37. The fourth-order valence-corrected chi connectivity index (χ4v) is 2.83. The molecule has 21 heavy (non-hydrogen) atoms. The molecule has 114 valence electrons. The second kappa shape index (κ2) is 6.00. The number of rotatable bonds is 4. The number of nitrogens with one attached hydrogen (secondary N) is 1. The van der Waals surface area contributed by atoms with E-state index in [2.05, 4.69) is 44.1 Å². The first-order valence-electron chi connectivity index (χ1n) is 7.43. The Morgan fingerprint density at radius 3 is 2.71 bits per heavy atom. The van der Waals surface area contributed by atoms with Crippen molar-refractivity contribution in [3.8, 4) is 6.07 Å². The van der Waals surface area contributed by atoms with Crippen molar-refractivity contribution in [1.82, 2.24) is 4.98 Å². The van der Waals surface area contributed by atoms with Gasteiger partial charge in [-0.3, -0.25) is 0 Å². The van der Waals surface area contributed by atoms with Crippen molar-refractivity contribution in [3.05, 3.63) is 22.4 Å². The Morgan fingerprint density at radius 1 is 1.43 bits per heavy atom. The van der Waals surface area contributed by atoms with Gasteiger partial charge in [-0.25, -0.2) is 4.98 Å². The molecule has 1 aromatic heterocycles. The summed E-state index contributed by atoms with van der Waals surface area (Å²) in [7, 11) is 0. The number of nitriles is 1. The van der Waals surface area contributed by atoms with E-state index in [-0.39, 0.29) is 5.60 Å². The van der Waals surface area contributed by atoms with Crippen LogP contribution in [0.4, 0.5) is 5.82 Å². The monoisotopic (exact) mass is 288 g/mol. The van der Waals surface area contributed by atoms with E-state index in [1.165, 1.54) is 11.1 Å². The van der Waals surface area contributed by atoms with Crippen LogP contribution in [-0.4, -0.2) is 23.7 Å². The highest BCUT2D eigenvalue weighted by Gasteiger charge is 2.32. The van der Waals surface area contributed by atoms with E-state index < -0.39 is 0 Å². The first-order chi connectivity index (χ1) is 9.89. The molecule has 1 aliphatic heterocycles. The fourth-order valence-electron chi connectivity index (χ4n) is 2.83. The highest BCUT2D eigenvalue weighted by atomic mass is 16.5. The lowest BCUT2D eigenvalue weighted by molar-refractivity contribution is -0.0406. The van der Waals surface area contributed by atoms with Gasteiger partial charge in [-0.15, -0.1) is 0 Å². The molecule has 5 heteroatoms. The van der Waals surface area contributed by atoms with E-state index in [9.17, 15) is 5.26 Å². The van der Waals surface area contributed by atoms with Crippen LogP contribution in [0.2, 0.25) is 0 Å². The van der Waals surface area contributed by atoms with Crippen molar-refractivity contribution in [2.45, 2.75) is 52.2 Å². The van der Waals surface area contributed by atoms with E-state index in [1.54, 1.807) is 0 Å². The molecular weight excluding hydrogens is 264 g/mol. The number of nitrogens with zero attached hydrogens (tertiary/aromatic N) is 2. The largest absolute Gasteiger partial charge is 0.370 e. The van der Waals surface area contributed by atoms with Gasteiger partial charge in [-0.2, -0.15) is 5.26 Å². The summed E-state index contributed by atoms with van der Waals surface area (Å²) in [6.45, 7) is 10.1. The molecule has 0 atom stereocenters. The van der Waals surface area contributed by atoms with Gasteiger partial charge in [-0.1, -0.05) is 13.8 Å². The third-order valence-electron chi connectivity index (χ3n) is 3.78. The van der Waals surface area contributed by atoms with Crippen molar-refractivity contribution in [1.29, 1.82) is 5.26 Å². The average molecular weight is 288 g/mol. The van der Waals surface area contributed by atoms with E-state index in [0.717, 1.165) is 17.8 Å². The van der Waals surface area contributed by atoms with Gasteiger partial charge in [0.1, 0.15) is 17.6 Å². The number of hydrogen-bond acceptors (Lipinski definition) is 5. The molecular formula is C16H24N4O. The molecule has 0 aromatic carbocycles. The maximum atomic E-state index is 9.38. The van der Waals surface area contributed by atoms with E-state index >= 15 is 0 Å². The number of nitrogens with two attached hydrogens (primary N) is 1. The summed E-state index contributed by atoms with van der Waals surface area (Å²) < 4.78 is 5.86. The smallest absolute Gasteiger partial charge is 0.148 e. The number of hydrogen-bond donors (Lipinski definition) is 2. The molecule has 0 saturated carbocycles. The highest BCUT2D eigenvalue weighted by molar-refractivity contribution is 5.58. The molecule has 0 aliphatic carbocycles. The summed E-state index contributed by atoms with van der Waals surface area (Å²) in [6.07, 6.45) is 0.796. The number of fused-ring (bicyclic) bond motifs is 1. The van der Waals surface area contributed by atoms with Crippen LogP contribution < -0.4 is 11.1 Å². The van der Waals surface area contributed by atoms with Gasteiger partial charge in [0, 0.05) is 30.6 Å². The maximum Gasteiger partial charge on any atom is 0.148 e. The van der Waals surface area contributed by atoms with Crippen LogP contribution in [0.25, 0.3) is 0 Å². The summed E-state index contributed by atoms with van der Waals surface area (Å²) in [5.41, 5.74) is 9.18. The van der Waals surface area contributed by atoms with Gasteiger partial charge in [-0.05, 0) is 25.3 Å². The molecule has 0 unspecified atom stereocenters. The number of pyridine rings is 1. The van der Waals surface area contributed by atoms with Crippen molar-refractivity contribution < 1.29 is 4.74 Å². The zero-order chi connectivity index (χ0) is 15.6. The molecule has 2 rings (SSSR count). The maximum absolute atomic E-state index is 9.38. The van der Waals surface area contributed by atoms with Gasteiger partial charge >= 0.3 is 0 Å². The van der Waals surface area contributed by atoms with Crippen molar-refractivity contribution in [2.24, 2.45) is 5.73 Å². The summed E-state index contributed by atoms with van der Waals surface area (Å²) >= 11 is 0. The molecule has 2 heterocycles. The van der Waals surface area contributed by atoms with Crippen molar-refractivity contribution in [2.75, 3.05) is 18.4 Å². The summed E-state index contributed by atoms with van der Waals surface area (Å²) in [4.78, 5) is 4.50. The van der Waals surface area contributed by atoms with Crippen LogP contribution in [0.3, 0.4) is 0 Å². The van der Waals surface area contributed by atoms with Crippen LogP contribution in [0.15, 0.2) is 0 Å². The predicted molar refractivity (Wildman–Crippen MR) is 83.2 cm³/mol. The molecule has 0 spiro atoms. The second-order valence-electron chi connectivity index (χ2n) is 6.39. The summed E-state index contributed by atoms with van der Waals surface area (Å²) in [5, 5.41) is 12.7. The molecule has 0 amide bonds. The van der Waals surface area contributed by atoms with E-state index in [1.807, 2.05) is 0 Å². The van der Waals surface area contributed by atoms with Crippen LogP contribution in [0.1, 0.15) is 56.0 Å². The molecule has 0 radical (unpaired) electrons. The standard InChI is InChI=1S/C16H24N4O/c1-10(2)14-11-7-16(3,4)21-9-12(11)13(8-18)20-15(14)19-6-5-17/h10H,5-7,9,17H2,1-4H3,(H,19,20). The average Bonchev–Trinajstić information content (AvgIpc) is 2.41. The minimum absolute atomic E-state index is 0.212. The number of anilines is 1. The first-order valence-corrected chi connectivity index (χ1v) is 7.43. The topological polar surface area (TPSA) is 84.0 Å². The minimum Gasteiger partial charge on any atom is -0.370 e. The van der Waals surface area contributed by atoms with E-state index in [0.29, 0.717) is 31.3 Å². The third kappa shape index (κ3) is 3.17. The molecule has 0 bridgehead atoms. The molecule has 1 aromatic rings. The number of aromatic nitrogens is 1. The Labute approximate surface area is 126 Å². The van der Waals surface area contributed by atoms with Gasteiger partial charge < -0.3 is 15.8 Å². The lowest BCUT2D eigenvalue weighted by Gasteiger charge is -2.34. The minimum atomic E-state index is -0.212. The van der Waals surface area contributed by atoms with Crippen molar-refractivity contribution in [3.63, 3.8) is 0 Å². The predicted octanol–water partition coefficient (Wildman–Crippen LogP) is 2.30. The quantitative estimate of drug-likeness (QED) is 0.888. The SMILES string of the molecule is CC(C)c1c(NCCN)nc(C#N)c2c1CC(C)(C)OC2. The second-order valence-corrected chi connectivity index (χ2v) is 6.39. The third-order valence-corrected chi connectivity index (χ3v) is 3.78. The van der Waals surface area contributed by atoms with Gasteiger partial charge in [0.25, 0.3) is 0 Å². The summed E-state index contributed by atoms with van der Waals surface area (Å²) in [6, 6.07) is 2.20. The molecule has 3 N–H and O–H groups in total. The summed E-state index contributed by atoms with van der Waals surface area (Å²) in [5.74, 6) is 1.12. The van der Waals surface area contributed by atoms with Crippen LogP contribution in [0, 0.1) is 11.3 Å². The zero-order valence-corrected chi connectivity index (χ0v) is 13.3. The fraction of sp³-hybridized carbons (Fsp3) is 0.625. The molecule has 0 saturated heterocycles. The lowest BCUT2D eigenvalue weighted by atomic mass is 9.84. The zero-order valence-electron chi connectivity index (χ0n) is 13.3. The Hall–Kier alpha value is -1.64. The van der Waals surface area contributed by atoms with Crippen LogP contribution in [0.5, 0.6) is 0 Å². The Balaban J connectivity index is 2.61. The Morgan fingerprint density at radius 2 is 2.14 bits per heavy atom. The van der Waals surface area contributed by atoms with E-state index in [4.69, 9.17) is 10.5 Å². The van der Waals surface area contributed by atoms with Crippen LogP contribution in [-0.2, 0) is 17.8 Å². The molecule has 5 nitrogen and oxygen atoms in total. The number of ether oxygens (including phenoxy) is 1. The Bertz CT molecular complexity index is 573.